The van der Waals surface area contributed by atoms with Gasteiger partial charge in [0.15, 0.2) is 0 Å². The molecule has 1 aliphatic heterocycles. The van der Waals surface area contributed by atoms with Crippen LogP contribution in [0.25, 0.3) is 0 Å². The molecule has 2 amide bonds. The van der Waals surface area contributed by atoms with Gasteiger partial charge in [-0.15, -0.1) is 0 Å². The number of hydrogen-bond acceptors (Lipinski definition) is 4. The van der Waals surface area contributed by atoms with Crippen molar-refractivity contribution in [3.05, 3.63) is 54.1 Å². The molecule has 0 unspecified atom stereocenters. The van der Waals surface area contributed by atoms with Gasteiger partial charge in [-0.05, 0) is 12.1 Å². The van der Waals surface area contributed by atoms with Gasteiger partial charge >= 0.3 is 6.03 Å². The molecule has 1 saturated heterocycles. The Kier molecular flexibility index (Phi) is 6.27. The second kappa shape index (κ2) is 9.05. The summed E-state index contributed by atoms with van der Waals surface area (Å²) < 4.78 is 15.9. The lowest BCUT2D eigenvalue weighted by molar-refractivity contribution is 0.0682. The van der Waals surface area contributed by atoms with Crippen molar-refractivity contribution in [2.24, 2.45) is 4.99 Å². The van der Waals surface area contributed by atoms with Gasteiger partial charge in [0.1, 0.15) is 17.3 Å². The van der Waals surface area contributed by atoms with E-state index in [-0.39, 0.29) is 0 Å². The van der Waals surface area contributed by atoms with E-state index >= 15 is 0 Å². The molecular formula is C20H23N3O4. The molecule has 0 aliphatic carbocycles. The molecule has 27 heavy (non-hydrogen) atoms. The van der Waals surface area contributed by atoms with Crippen molar-refractivity contribution >= 4 is 17.6 Å². The van der Waals surface area contributed by atoms with Crippen molar-refractivity contribution in [1.82, 2.24) is 4.90 Å². The molecule has 0 radical (unpaired) electrons. The first-order valence-corrected chi connectivity index (χ1v) is 8.71. The topological polar surface area (TPSA) is 72.4 Å². The molecule has 1 N–H and O–H groups in total. The predicted molar refractivity (Wildman–Crippen MR) is 104 cm³/mol. The number of anilines is 1. The Morgan fingerprint density at radius 1 is 1.07 bits per heavy atom. The van der Waals surface area contributed by atoms with Gasteiger partial charge in [-0.1, -0.05) is 30.3 Å². The first kappa shape index (κ1) is 18.7. The average molecular weight is 369 g/mol. The van der Waals surface area contributed by atoms with Crippen molar-refractivity contribution in [3.8, 4) is 11.5 Å². The normalized spacial score (nSPS) is 14.6. The number of carbonyl (C=O) groups is 1. The van der Waals surface area contributed by atoms with Crippen LogP contribution in [-0.4, -0.2) is 57.3 Å². The molecule has 0 atom stereocenters. The fourth-order valence-corrected chi connectivity index (χ4v) is 2.83. The predicted octanol–water partition coefficient (Wildman–Crippen LogP) is 3.01. The smallest absolute Gasteiger partial charge is 0.347 e. The third-order valence-corrected chi connectivity index (χ3v) is 4.20. The van der Waals surface area contributed by atoms with E-state index in [4.69, 9.17) is 14.2 Å². The Labute approximate surface area is 158 Å². The van der Waals surface area contributed by atoms with Gasteiger partial charge in [-0.2, -0.15) is 4.99 Å². The summed E-state index contributed by atoms with van der Waals surface area (Å²) in [7, 11) is 3.11. The second-order valence-corrected chi connectivity index (χ2v) is 5.90. The van der Waals surface area contributed by atoms with Gasteiger partial charge in [0.05, 0.1) is 33.1 Å². The van der Waals surface area contributed by atoms with Crippen LogP contribution in [0.15, 0.2) is 53.5 Å². The zero-order chi connectivity index (χ0) is 19.1. The zero-order valence-electron chi connectivity index (χ0n) is 15.5. The molecule has 1 heterocycles. The van der Waals surface area contributed by atoms with Gasteiger partial charge in [-0.25, -0.2) is 4.79 Å². The molecule has 2 aromatic carbocycles. The van der Waals surface area contributed by atoms with Crippen LogP contribution in [0.3, 0.4) is 0 Å². The fourth-order valence-electron chi connectivity index (χ4n) is 2.83. The van der Waals surface area contributed by atoms with Gasteiger partial charge < -0.3 is 24.4 Å². The van der Waals surface area contributed by atoms with Gasteiger partial charge in [0.2, 0.25) is 0 Å². The number of benzene rings is 2. The highest BCUT2D eigenvalue weighted by Gasteiger charge is 2.19. The first-order valence-electron chi connectivity index (χ1n) is 8.71. The Morgan fingerprint density at radius 2 is 1.81 bits per heavy atom. The van der Waals surface area contributed by atoms with Crippen molar-refractivity contribution in [2.45, 2.75) is 0 Å². The van der Waals surface area contributed by atoms with Gasteiger partial charge in [0, 0.05) is 24.7 Å². The number of amides is 2. The monoisotopic (exact) mass is 369 g/mol. The molecule has 142 valence electrons. The molecule has 2 aromatic rings. The van der Waals surface area contributed by atoms with Crippen LogP contribution >= 0.6 is 0 Å². The second-order valence-electron chi connectivity index (χ2n) is 5.90. The third kappa shape index (κ3) is 4.77. The summed E-state index contributed by atoms with van der Waals surface area (Å²) in [6, 6.07) is 14.4. The minimum Gasteiger partial charge on any atom is -0.497 e. The molecule has 7 heteroatoms. The number of aliphatic imine (C=N–C) groups is 1. The van der Waals surface area contributed by atoms with Crippen LogP contribution in [0, 0.1) is 0 Å². The summed E-state index contributed by atoms with van der Waals surface area (Å²) >= 11 is 0. The zero-order valence-corrected chi connectivity index (χ0v) is 15.5. The maximum absolute atomic E-state index is 12.7. The minimum atomic E-state index is -0.480. The lowest BCUT2D eigenvalue weighted by atomic mass is 10.2. The number of nitrogens with one attached hydrogen (secondary N) is 1. The van der Waals surface area contributed by atoms with E-state index in [1.807, 2.05) is 30.3 Å². The van der Waals surface area contributed by atoms with Gasteiger partial charge in [0.25, 0.3) is 0 Å². The number of urea groups is 1. The highest BCUT2D eigenvalue weighted by molar-refractivity contribution is 6.07. The standard InChI is InChI=1S/C20H23N3O4/c1-25-16-8-9-18(26-2)17(14-16)21-20(24)22-19(15-6-4-3-5-7-15)23-10-12-27-13-11-23/h3-9,14H,10-13H2,1-2H3,(H,21,24). The van der Waals surface area contributed by atoms with Crippen LogP contribution in [0.1, 0.15) is 5.56 Å². The summed E-state index contributed by atoms with van der Waals surface area (Å²) in [6.07, 6.45) is 0. The first-order chi connectivity index (χ1) is 13.2. The maximum atomic E-state index is 12.7. The Morgan fingerprint density at radius 3 is 2.48 bits per heavy atom. The molecule has 0 bridgehead atoms. The van der Waals surface area contributed by atoms with Crippen LogP contribution in [-0.2, 0) is 4.74 Å². The molecule has 1 aliphatic rings. The maximum Gasteiger partial charge on any atom is 0.347 e. The highest BCUT2D eigenvalue weighted by atomic mass is 16.5. The summed E-state index contributed by atoms with van der Waals surface area (Å²) in [5.74, 6) is 1.77. The SMILES string of the molecule is COc1ccc(OC)c(NC(=O)N=C(c2ccccc2)N2CCOCC2)c1. The number of methoxy groups -OCH3 is 2. The van der Waals surface area contributed by atoms with Crippen molar-refractivity contribution in [3.63, 3.8) is 0 Å². The summed E-state index contributed by atoms with van der Waals surface area (Å²) in [6.45, 7) is 2.58. The third-order valence-electron chi connectivity index (χ3n) is 4.20. The van der Waals surface area contributed by atoms with Crippen LogP contribution in [0.5, 0.6) is 11.5 Å². The fraction of sp³-hybridized carbons (Fsp3) is 0.300. The van der Waals surface area contributed by atoms with Crippen LogP contribution in [0.4, 0.5) is 10.5 Å². The number of nitrogens with zero attached hydrogens (tertiary/aromatic N) is 2. The van der Waals surface area contributed by atoms with Crippen LogP contribution in [0.2, 0.25) is 0 Å². The average Bonchev–Trinajstić information content (AvgIpc) is 2.73. The number of ether oxygens (including phenoxy) is 3. The number of morpholine rings is 1. The molecule has 1 fully saturated rings. The lowest BCUT2D eigenvalue weighted by Crippen LogP contribution is -2.41. The Bertz CT molecular complexity index is 802. The molecule has 0 spiro atoms. The van der Waals surface area contributed by atoms with Crippen LogP contribution < -0.4 is 14.8 Å². The van der Waals surface area contributed by atoms with E-state index in [0.29, 0.717) is 49.3 Å². The van der Waals surface area contributed by atoms with Crippen molar-refractivity contribution < 1.29 is 19.0 Å². The molecular weight excluding hydrogens is 346 g/mol. The number of carbonyl (C=O) groups excluding carboxylic acids is 1. The van der Waals surface area contributed by atoms with Crippen molar-refractivity contribution in [2.75, 3.05) is 45.8 Å². The Hall–Kier alpha value is -3.06. The number of rotatable bonds is 4. The van der Waals surface area contributed by atoms with Gasteiger partial charge in [-0.3, -0.25) is 0 Å². The Balaban J connectivity index is 1.87. The lowest BCUT2D eigenvalue weighted by Gasteiger charge is -2.29. The minimum absolute atomic E-state index is 0.480. The molecule has 3 rings (SSSR count). The van der Waals surface area contributed by atoms with E-state index in [1.54, 1.807) is 32.4 Å². The molecule has 7 nitrogen and oxygen atoms in total. The van der Waals surface area contributed by atoms with E-state index in [2.05, 4.69) is 15.2 Å². The molecule has 0 aromatic heterocycles. The van der Waals surface area contributed by atoms with Crippen molar-refractivity contribution in [1.29, 1.82) is 0 Å². The van der Waals surface area contributed by atoms with E-state index in [0.717, 1.165) is 5.56 Å². The quantitative estimate of drug-likeness (QED) is 0.663. The summed E-state index contributed by atoms with van der Waals surface area (Å²) in [5, 5.41) is 2.79. The largest absolute Gasteiger partial charge is 0.497 e. The number of amidine groups is 1. The number of hydrogen-bond donors (Lipinski definition) is 1. The summed E-state index contributed by atoms with van der Waals surface area (Å²) in [4.78, 5) is 19.0. The molecule has 0 saturated carbocycles. The van der Waals surface area contributed by atoms with E-state index in [1.165, 1.54) is 0 Å². The van der Waals surface area contributed by atoms with E-state index in [9.17, 15) is 4.79 Å². The van der Waals surface area contributed by atoms with E-state index < -0.39 is 6.03 Å². The highest BCUT2D eigenvalue weighted by Crippen LogP contribution is 2.29. The summed E-state index contributed by atoms with van der Waals surface area (Å²) in [5.41, 5.74) is 1.38.